The van der Waals surface area contributed by atoms with Crippen molar-refractivity contribution in [1.29, 1.82) is 0 Å². The molecule has 94 valence electrons. The van der Waals surface area contributed by atoms with Crippen molar-refractivity contribution in [2.45, 2.75) is 11.2 Å². The fourth-order valence-corrected chi connectivity index (χ4v) is 4.71. The summed E-state index contributed by atoms with van der Waals surface area (Å²) in [6.07, 6.45) is 1.15. The molecule has 0 spiro atoms. The molecule has 0 aromatic heterocycles. The summed E-state index contributed by atoms with van der Waals surface area (Å²) in [4.78, 5) is 0. The number of sulfone groups is 1. The van der Waals surface area contributed by atoms with Gasteiger partial charge in [-0.1, -0.05) is 30.3 Å². The van der Waals surface area contributed by atoms with Gasteiger partial charge in [0.2, 0.25) is 0 Å². The summed E-state index contributed by atoms with van der Waals surface area (Å²) in [5, 5.41) is 18.1. The van der Waals surface area contributed by atoms with Crippen molar-refractivity contribution in [3.05, 3.63) is 35.9 Å². The lowest BCUT2D eigenvalue weighted by molar-refractivity contribution is 0.130. The molecule has 5 heteroatoms. The Morgan fingerprint density at radius 1 is 1.18 bits per heavy atom. The predicted molar refractivity (Wildman–Crippen MR) is 64.4 cm³/mol. The van der Waals surface area contributed by atoms with E-state index < -0.39 is 20.5 Å². The second kappa shape index (κ2) is 4.08. The Morgan fingerprint density at radius 3 is 2.06 bits per heavy atom. The maximum Gasteiger partial charge on any atom is 0.151 e. The van der Waals surface area contributed by atoms with Gasteiger partial charge in [0.25, 0.3) is 0 Å². The first kappa shape index (κ1) is 12.5. The number of aliphatic hydroxyl groups excluding tert-OH is 2. The molecule has 2 atom stereocenters. The van der Waals surface area contributed by atoms with E-state index in [2.05, 4.69) is 0 Å². The first-order chi connectivity index (χ1) is 7.97. The zero-order chi connectivity index (χ0) is 12.7. The number of hydrogen-bond acceptors (Lipinski definition) is 4. The monoisotopic (exact) mass is 256 g/mol. The molecule has 0 radical (unpaired) electrons. The largest absolute Gasteiger partial charge is 0.396 e. The van der Waals surface area contributed by atoms with Crippen LogP contribution < -0.4 is 0 Å². The molecule has 1 saturated carbocycles. The van der Waals surface area contributed by atoms with E-state index in [0.717, 1.165) is 11.8 Å². The standard InChI is InChI=1S/C12H16O4S/c1-17(15,16)11-10(12(11,7-13)8-14)9-5-3-2-4-6-9/h2-6,10-11,13-14H,7-8H2,1H3. The van der Waals surface area contributed by atoms with Gasteiger partial charge in [0.15, 0.2) is 9.84 Å². The minimum atomic E-state index is -3.28. The van der Waals surface area contributed by atoms with Crippen LogP contribution in [0.2, 0.25) is 0 Å². The summed E-state index contributed by atoms with van der Waals surface area (Å²) in [7, 11) is -3.28. The second-order valence-electron chi connectivity index (χ2n) is 4.69. The number of aliphatic hydroxyl groups is 2. The fraction of sp³-hybridized carbons (Fsp3) is 0.500. The summed E-state index contributed by atoms with van der Waals surface area (Å²) < 4.78 is 23.4. The van der Waals surface area contributed by atoms with Crippen LogP contribution in [0.15, 0.2) is 30.3 Å². The minimum Gasteiger partial charge on any atom is -0.396 e. The molecule has 1 aromatic carbocycles. The third-order valence-electron chi connectivity index (χ3n) is 3.59. The van der Waals surface area contributed by atoms with E-state index in [1.165, 1.54) is 0 Å². The van der Waals surface area contributed by atoms with E-state index in [9.17, 15) is 18.6 Å². The fourth-order valence-electron chi connectivity index (χ4n) is 2.72. The maximum absolute atomic E-state index is 11.7. The molecule has 2 rings (SSSR count). The lowest BCUT2D eigenvalue weighted by Crippen LogP contribution is -2.22. The molecular weight excluding hydrogens is 240 g/mol. The Hall–Kier alpha value is -0.910. The van der Waals surface area contributed by atoms with Crippen LogP contribution in [-0.2, 0) is 9.84 Å². The molecule has 17 heavy (non-hydrogen) atoms. The van der Waals surface area contributed by atoms with E-state index in [4.69, 9.17) is 0 Å². The quantitative estimate of drug-likeness (QED) is 0.805. The molecular formula is C12H16O4S. The maximum atomic E-state index is 11.7. The van der Waals surface area contributed by atoms with Gasteiger partial charge in [0.1, 0.15) is 0 Å². The molecule has 2 N–H and O–H groups in total. The Kier molecular flexibility index (Phi) is 3.01. The van der Waals surface area contributed by atoms with Gasteiger partial charge in [0.05, 0.1) is 18.5 Å². The summed E-state index contributed by atoms with van der Waals surface area (Å²) >= 11 is 0. The minimum absolute atomic E-state index is 0.311. The highest BCUT2D eigenvalue weighted by Crippen LogP contribution is 2.62. The van der Waals surface area contributed by atoms with Crippen molar-refractivity contribution in [2.24, 2.45) is 5.41 Å². The molecule has 0 amide bonds. The van der Waals surface area contributed by atoms with Crippen LogP contribution in [0.25, 0.3) is 0 Å². The van der Waals surface area contributed by atoms with Crippen LogP contribution in [0.1, 0.15) is 11.5 Å². The van der Waals surface area contributed by atoms with Crippen molar-refractivity contribution < 1.29 is 18.6 Å². The van der Waals surface area contributed by atoms with Crippen LogP contribution in [-0.4, -0.2) is 43.4 Å². The van der Waals surface area contributed by atoms with Crippen LogP contribution in [0.5, 0.6) is 0 Å². The molecule has 4 nitrogen and oxygen atoms in total. The summed E-state index contributed by atoms with van der Waals surface area (Å²) in [6.45, 7) is -0.637. The van der Waals surface area contributed by atoms with Crippen molar-refractivity contribution in [2.75, 3.05) is 19.5 Å². The van der Waals surface area contributed by atoms with Gasteiger partial charge >= 0.3 is 0 Å². The zero-order valence-corrected chi connectivity index (χ0v) is 10.4. The normalized spacial score (nSPS) is 26.8. The van der Waals surface area contributed by atoms with Crippen molar-refractivity contribution in [1.82, 2.24) is 0 Å². The third kappa shape index (κ3) is 1.88. The number of benzene rings is 1. The first-order valence-electron chi connectivity index (χ1n) is 5.43. The Morgan fingerprint density at radius 2 is 1.71 bits per heavy atom. The van der Waals surface area contributed by atoms with E-state index in [-0.39, 0.29) is 19.1 Å². The van der Waals surface area contributed by atoms with Crippen LogP contribution in [0.3, 0.4) is 0 Å². The van der Waals surface area contributed by atoms with Crippen molar-refractivity contribution >= 4 is 9.84 Å². The van der Waals surface area contributed by atoms with Gasteiger partial charge in [-0.05, 0) is 5.56 Å². The van der Waals surface area contributed by atoms with Gasteiger partial charge < -0.3 is 10.2 Å². The van der Waals surface area contributed by atoms with Crippen molar-refractivity contribution in [3.8, 4) is 0 Å². The first-order valence-corrected chi connectivity index (χ1v) is 7.38. The Balaban J connectivity index is 2.42. The molecule has 0 aliphatic heterocycles. The average molecular weight is 256 g/mol. The molecule has 1 fully saturated rings. The zero-order valence-electron chi connectivity index (χ0n) is 9.57. The number of hydrogen-bond donors (Lipinski definition) is 2. The molecule has 0 saturated heterocycles. The highest BCUT2D eigenvalue weighted by Gasteiger charge is 2.69. The van der Waals surface area contributed by atoms with Gasteiger partial charge in [-0.15, -0.1) is 0 Å². The Bertz CT molecular complexity index is 490. The van der Waals surface area contributed by atoms with Crippen LogP contribution >= 0.6 is 0 Å². The van der Waals surface area contributed by atoms with E-state index in [0.29, 0.717) is 0 Å². The highest BCUT2D eigenvalue weighted by molar-refractivity contribution is 7.91. The smallest absolute Gasteiger partial charge is 0.151 e. The van der Waals surface area contributed by atoms with Gasteiger partial charge in [-0.2, -0.15) is 0 Å². The lowest BCUT2D eigenvalue weighted by atomic mass is 10.0. The van der Waals surface area contributed by atoms with Gasteiger partial charge in [-0.25, -0.2) is 8.42 Å². The molecule has 1 aliphatic rings. The van der Waals surface area contributed by atoms with Gasteiger partial charge in [-0.3, -0.25) is 0 Å². The third-order valence-corrected chi connectivity index (χ3v) is 5.25. The summed E-state index contributed by atoms with van der Waals surface area (Å²) in [6, 6.07) is 9.16. The van der Waals surface area contributed by atoms with Crippen LogP contribution in [0, 0.1) is 5.41 Å². The highest BCUT2D eigenvalue weighted by atomic mass is 32.2. The van der Waals surface area contributed by atoms with E-state index >= 15 is 0 Å². The second-order valence-corrected chi connectivity index (χ2v) is 6.85. The topological polar surface area (TPSA) is 74.6 Å². The molecule has 0 heterocycles. The van der Waals surface area contributed by atoms with Crippen LogP contribution in [0.4, 0.5) is 0 Å². The predicted octanol–water partition coefficient (Wildman–Crippen LogP) is 0.168. The Labute approximate surface area is 101 Å². The van der Waals surface area contributed by atoms with E-state index in [1.54, 1.807) is 0 Å². The molecule has 1 aromatic rings. The lowest BCUT2D eigenvalue weighted by Gasteiger charge is -2.10. The SMILES string of the molecule is CS(=O)(=O)C1C(c2ccccc2)C1(CO)CO. The van der Waals surface area contributed by atoms with E-state index in [1.807, 2.05) is 30.3 Å². The molecule has 2 unspecified atom stereocenters. The summed E-state index contributed by atoms with van der Waals surface area (Å²) in [5.74, 6) is -0.311. The number of rotatable bonds is 4. The molecule has 0 bridgehead atoms. The average Bonchev–Trinajstić information content (AvgIpc) is 3.00. The summed E-state index contributed by atoms with van der Waals surface area (Å²) in [5.41, 5.74) is -0.0689. The van der Waals surface area contributed by atoms with Crippen molar-refractivity contribution in [3.63, 3.8) is 0 Å². The van der Waals surface area contributed by atoms with Gasteiger partial charge in [0, 0.05) is 17.6 Å². The molecule has 1 aliphatic carbocycles.